The lowest BCUT2D eigenvalue weighted by Gasteiger charge is -2.08. The van der Waals surface area contributed by atoms with Crippen LogP contribution >= 0.6 is 11.6 Å². The first-order chi connectivity index (χ1) is 8.60. The highest BCUT2D eigenvalue weighted by Crippen LogP contribution is 2.28. The normalized spacial score (nSPS) is 10.9. The Balaban J connectivity index is 2.22. The predicted molar refractivity (Wildman–Crippen MR) is 70.1 cm³/mol. The Bertz CT molecular complexity index is 538. The summed E-state index contributed by atoms with van der Waals surface area (Å²) in [4.78, 5) is 0. The van der Waals surface area contributed by atoms with Gasteiger partial charge in [0, 0.05) is 16.6 Å². The highest BCUT2D eigenvalue weighted by Gasteiger charge is 2.08. The molecule has 0 saturated heterocycles. The lowest BCUT2D eigenvalue weighted by Crippen LogP contribution is -1.99. The minimum absolute atomic E-state index is 0.117. The molecule has 0 aliphatic rings. The second kappa shape index (κ2) is 5.42. The van der Waals surface area contributed by atoms with Gasteiger partial charge in [-0.05, 0) is 32.0 Å². The van der Waals surface area contributed by atoms with E-state index >= 15 is 0 Å². The van der Waals surface area contributed by atoms with Crippen LogP contribution in [0.1, 0.15) is 25.5 Å². The molecular weight excluding hydrogens is 252 g/mol. The minimum Gasteiger partial charge on any atom is -0.454 e. The Kier molecular flexibility index (Phi) is 3.89. The van der Waals surface area contributed by atoms with Gasteiger partial charge in [-0.25, -0.2) is 0 Å². The number of hydrogen-bond acceptors (Lipinski definition) is 3. The van der Waals surface area contributed by atoms with E-state index in [1.165, 1.54) is 0 Å². The zero-order valence-corrected chi connectivity index (χ0v) is 11.1. The molecule has 1 N–H and O–H groups in total. The van der Waals surface area contributed by atoms with Crippen LogP contribution in [0.25, 0.3) is 0 Å². The van der Waals surface area contributed by atoms with Crippen LogP contribution in [-0.2, 0) is 6.61 Å². The van der Waals surface area contributed by atoms with Gasteiger partial charge in [-0.1, -0.05) is 11.6 Å². The van der Waals surface area contributed by atoms with Crippen molar-refractivity contribution in [1.82, 2.24) is 9.78 Å². The lowest BCUT2D eigenvalue weighted by atomic mass is 10.2. The summed E-state index contributed by atoms with van der Waals surface area (Å²) in [5.74, 6) is 1.23. The van der Waals surface area contributed by atoms with Crippen molar-refractivity contribution < 1.29 is 9.84 Å². The molecule has 1 aromatic heterocycles. The average Bonchev–Trinajstić information content (AvgIpc) is 2.80. The highest BCUT2D eigenvalue weighted by molar-refractivity contribution is 6.30. The molecule has 0 fully saturated rings. The SMILES string of the molecule is CC(C)n1cc(Oc2ccc(Cl)cc2CO)cn1. The molecule has 0 bridgehead atoms. The van der Waals surface area contributed by atoms with Crippen molar-refractivity contribution in [3.05, 3.63) is 41.2 Å². The van der Waals surface area contributed by atoms with Crippen molar-refractivity contribution in [1.29, 1.82) is 0 Å². The van der Waals surface area contributed by atoms with Crippen LogP contribution in [0.15, 0.2) is 30.6 Å². The van der Waals surface area contributed by atoms with E-state index in [-0.39, 0.29) is 12.6 Å². The van der Waals surface area contributed by atoms with Crippen molar-refractivity contribution in [2.75, 3.05) is 0 Å². The Morgan fingerprint density at radius 3 is 2.83 bits per heavy atom. The third kappa shape index (κ3) is 2.83. The number of aliphatic hydroxyl groups is 1. The molecule has 5 heteroatoms. The first-order valence-electron chi connectivity index (χ1n) is 5.71. The van der Waals surface area contributed by atoms with Crippen LogP contribution < -0.4 is 4.74 Å². The molecule has 0 aliphatic heterocycles. The van der Waals surface area contributed by atoms with E-state index < -0.39 is 0 Å². The molecule has 0 saturated carbocycles. The van der Waals surface area contributed by atoms with Crippen molar-refractivity contribution in [2.24, 2.45) is 0 Å². The zero-order valence-electron chi connectivity index (χ0n) is 10.3. The van der Waals surface area contributed by atoms with E-state index in [9.17, 15) is 5.11 Å². The molecule has 0 unspecified atom stereocenters. The van der Waals surface area contributed by atoms with Crippen molar-refractivity contribution >= 4 is 11.6 Å². The molecule has 1 aromatic carbocycles. The molecule has 18 heavy (non-hydrogen) atoms. The van der Waals surface area contributed by atoms with Crippen LogP contribution in [0.3, 0.4) is 0 Å². The van der Waals surface area contributed by atoms with Gasteiger partial charge in [0.1, 0.15) is 5.75 Å². The molecule has 2 aromatic rings. The summed E-state index contributed by atoms with van der Waals surface area (Å²) in [5, 5.41) is 14.0. The second-order valence-corrected chi connectivity index (χ2v) is 4.70. The van der Waals surface area contributed by atoms with Crippen LogP contribution in [0.4, 0.5) is 0 Å². The van der Waals surface area contributed by atoms with E-state index in [4.69, 9.17) is 16.3 Å². The molecule has 96 valence electrons. The summed E-state index contributed by atoms with van der Waals surface area (Å²) in [7, 11) is 0. The first-order valence-corrected chi connectivity index (χ1v) is 6.09. The number of rotatable bonds is 4. The summed E-state index contributed by atoms with van der Waals surface area (Å²) in [6.07, 6.45) is 3.47. The van der Waals surface area contributed by atoms with Crippen LogP contribution in [0.2, 0.25) is 5.02 Å². The van der Waals surface area contributed by atoms with Gasteiger partial charge in [-0.15, -0.1) is 0 Å². The van der Waals surface area contributed by atoms with E-state index in [1.54, 1.807) is 24.4 Å². The molecule has 0 amide bonds. The third-order valence-electron chi connectivity index (χ3n) is 2.53. The van der Waals surface area contributed by atoms with E-state index in [2.05, 4.69) is 5.10 Å². The fourth-order valence-electron chi connectivity index (χ4n) is 1.55. The van der Waals surface area contributed by atoms with E-state index in [1.807, 2.05) is 24.7 Å². The fourth-order valence-corrected chi connectivity index (χ4v) is 1.75. The molecule has 0 spiro atoms. The summed E-state index contributed by atoms with van der Waals surface area (Å²) >= 11 is 5.86. The maximum absolute atomic E-state index is 9.25. The van der Waals surface area contributed by atoms with Crippen LogP contribution in [-0.4, -0.2) is 14.9 Å². The first kappa shape index (κ1) is 12.9. The maximum atomic E-state index is 9.25. The number of benzene rings is 1. The van der Waals surface area contributed by atoms with Gasteiger partial charge in [0.05, 0.1) is 19.0 Å². The standard InChI is InChI=1S/C13H15ClN2O2/c1-9(2)16-7-12(6-15-16)18-13-4-3-11(14)5-10(13)8-17/h3-7,9,17H,8H2,1-2H3. The Morgan fingerprint density at radius 1 is 1.44 bits per heavy atom. The van der Waals surface area contributed by atoms with Gasteiger partial charge in [0.25, 0.3) is 0 Å². The molecular formula is C13H15ClN2O2. The topological polar surface area (TPSA) is 47.3 Å². The van der Waals surface area contributed by atoms with Gasteiger partial charge in [0.2, 0.25) is 0 Å². The summed E-state index contributed by atoms with van der Waals surface area (Å²) in [6, 6.07) is 5.43. The summed E-state index contributed by atoms with van der Waals surface area (Å²) in [5.41, 5.74) is 0.653. The quantitative estimate of drug-likeness (QED) is 0.923. The highest BCUT2D eigenvalue weighted by atomic mass is 35.5. The monoisotopic (exact) mass is 266 g/mol. The molecule has 0 atom stereocenters. The summed E-state index contributed by atoms with van der Waals surface area (Å²) < 4.78 is 7.49. The number of hydrogen-bond donors (Lipinski definition) is 1. The number of aromatic nitrogens is 2. The summed E-state index contributed by atoms with van der Waals surface area (Å²) in [6.45, 7) is 3.96. The van der Waals surface area contributed by atoms with Crippen LogP contribution in [0.5, 0.6) is 11.5 Å². The molecule has 1 heterocycles. The van der Waals surface area contributed by atoms with Gasteiger partial charge in [-0.2, -0.15) is 5.10 Å². The van der Waals surface area contributed by atoms with E-state index in [0.29, 0.717) is 22.1 Å². The minimum atomic E-state index is -0.117. The zero-order chi connectivity index (χ0) is 13.1. The second-order valence-electron chi connectivity index (χ2n) is 4.26. The number of halogens is 1. The number of nitrogens with zero attached hydrogens (tertiary/aromatic N) is 2. The van der Waals surface area contributed by atoms with Gasteiger partial charge in [-0.3, -0.25) is 4.68 Å². The Labute approximate surface area is 111 Å². The van der Waals surface area contributed by atoms with Crippen LogP contribution in [0, 0.1) is 0 Å². The fraction of sp³-hybridized carbons (Fsp3) is 0.308. The maximum Gasteiger partial charge on any atom is 0.165 e. The third-order valence-corrected chi connectivity index (χ3v) is 2.76. The predicted octanol–water partition coefficient (Wildman–Crippen LogP) is 3.40. The average molecular weight is 267 g/mol. The van der Waals surface area contributed by atoms with Crippen molar-refractivity contribution in [2.45, 2.75) is 26.5 Å². The lowest BCUT2D eigenvalue weighted by molar-refractivity contribution is 0.276. The largest absolute Gasteiger partial charge is 0.454 e. The molecule has 4 nitrogen and oxygen atoms in total. The Hall–Kier alpha value is -1.52. The number of ether oxygens (including phenoxy) is 1. The molecule has 0 aliphatic carbocycles. The van der Waals surface area contributed by atoms with E-state index in [0.717, 1.165) is 0 Å². The van der Waals surface area contributed by atoms with Gasteiger partial charge in [0.15, 0.2) is 5.75 Å². The van der Waals surface area contributed by atoms with Gasteiger partial charge >= 0.3 is 0 Å². The van der Waals surface area contributed by atoms with Crippen molar-refractivity contribution in [3.8, 4) is 11.5 Å². The molecule has 0 radical (unpaired) electrons. The smallest absolute Gasteiger partial charge is 0.165 e. The van der Waals surface area contributed by atoms with Gasteiger partial charge < -0.3 is 9.84 Å². The molecule has 2 rings (SSSR count). The van der Waals surface area contributed by atoms with Crippen molar-refractivity contribution in [3.63, 3.8) is 0 Å². The number of aliphatic hydroxyl groups excluding tert-OH is 1. The Morgan fingerprint density at radius 2 is 2.22 bits per heavy atom.